The molecule has 120 valence electrons. The summed E-state index contributed by atoms with van der Waals surface area (Å²) in [5, 5.41) is 3.71. The van der Waals surface area contributed by atoms with Crippen molar-refractivity contribution in [3.8, 4) is 0 Å². The largest absolute Gasteiger partial charge is 0.316 e. The van der Waals surface area contributed by atoms with Crippen LogP contribution in [0.3, 0.4) is 0 Å². The third-order valence-electron chi connectivity index (χ3n) is 5.01. The van der Waals surface area contributed by atoms with E-state index >= 15 is 0 Å². The topological polar surface area (TPSA) is 12.0 Å². The van der Waals surface area contributed by atoms with Gasteiger partial charge in [-0.25, -0.2) is 0 Å². The Morgan fingerprint density at radius 1 is 1.10 bits per heavy atom. The van der Waals surface area contributed by atoms with E-state index < -0.39 is 0 Å². The highest BCUT2D eigenvalue weighted by Gasteiger charge is 2.31. The van der Waals surface area contributed by atoms with Crippen LogP contribution in [-0.4, -0.2) is 25.1 Å². The number of rotatable bonds is 9. The quantitative estimate of drug-likeness (QED) is 0.597. The normalized spacial score (nSPS) is 27.4. The molecule has 1 rings (SSSR count). The molecule has 0 radical (unpaired) electrons. The lowest BCUT2D eigenvalue weighted by Crippen LogP contribution is -2.35. The summed E-state index contributed by atoms with van der Waals surface area (Å²) in [6.45, 7) is 11.9. The highest BCUT2D eigenvalue weighted by Crippen LogP contribution is 2.39. The smallest absolute Gasteiger partial charge is 0.00178 e. The highest BCUT2D eigenvalue weighted by atomic mass is 32.2. The van der Waals surface area contributed by atoms with E-state index in [1.54, 1.807) is 0 Å². The lowest BCUT2D eigenvalue weighted by atomic mass is 9.69. The number of hydrogen-bond donors (Lipinski definition) is 1. The molecule has 1 N–H and O–H groups in total. The third-order valence-corrected chi connectivity index (χ3v) is 5.70. The minimum Gasteiger partial charge on any atom is -0.316 e. The Labute approximate surface area is 132 Å². The summed E-state index contributed by atoms with van der Waals surface area (Å²) in [4.78, 5) is 0. The van der Waals surface area contributed by atoms with Crippen molar-refractivity contribution in [2.45, 2.75) is 59.8 Å². The average Bonchev–Trinajstić information content (AvgIpc) is 2.39. The molecule has 0 aliphatic heterocycles. The van der Waals surface area contributed by atoms with Gasteiger partial charge in [0.05, 0.1) is 0 Å². The Hall–Kier alpha value is 0.310. The van der Waals surface area contributed by atoms with Crippen LogP contribution < -0.4 is 5.32 Å². The van der Waals surface area contributed by atoms with Crippen LogP contribution >= 0.6 is 11.8 Å². The van der Waals surface area contributed by atoms with Gasteiger partial charge >= 0.3 is 0 Å². The van der Waals surface area contributed by atoms with Gasteiger partial charge in [0.1, 0.15) is 0 Å². The summed E-state index contributed by atoms with van der Waals surface area (Å²) in [5.41, 5.74) is 0. The first-order valence-electron chi connectivity index (χ1n) is 8.74. The fourth-order valence-electron chi connectivity index (χ4n) is 3.64. The predicted octanol–water partition coefficient (Wildman–Crippen LogP) is 5.06. The second-order valence-electron chi connectivity index (χ2n) is 7.52. The molecule has 0 heterocycles. The van der Waals surface area contributed by atoms with Crippen LogP contribution in [0.1, 0.15) is 59.8 Å². The van der Waals surface area contributed by atoms with Gasteiger partial charge in [-0.15, -0.1) is 0 Å². The maximum atomic E-state index is 3.71. The van der Waals surface area contributed by atoms with Crippen LogP contribution in [0.2, 0.25) is 0 Å². The molecule has 1 saturated carbocycles. The average molecular weight is 300 g/mol. The molecule has 0 amide bonds. The lowest BCUT2D eigenvalue weighted by Gasteiger charge is -2.38. The van der Waals surface area contributed by atoms with Gasteiger partial charge in [-0.2, -0.15) is 11.8 Å². The van der Waals surface area contributed by atoms with Crippen molar-refractivity contribution < 1.29 is 0 Å². The molecule has 1 fully saturated rings. The fraction of sp³-hybridized carbons (Fsp3) is 1.00. The summed E-state index contributed by atoms with van der Waals surface area (Å²) in [5.74, 6) is 5.89. The minimum absolute atomic E-state index is 0.775. The zero-order valence-corrected chi connectivity index (χ0v) is 15.3. The predicted molar refractivity (Wildman–Crippen MR) is 94.5 cm³/mol. The van der Waals surface area contributed by atoms with Gasteiger partial charge in [0, 0.05) is 0 Å². The van der Waals surface area contributed by atoms with Gasteiger partial charge in [0.2, 0.25) is 0 Å². The van der Waals surface area contributed by atoms with Crippen molar-refractivity contribution in [3.63, 3.8) is 0 Å². The van der Waals surface area contributed by atoms with Crippen LogP contribution in [0.5, 0.6) is 0 Å². The maximum Gasteiger partial charge on any atom is -0.00178 e. The summed E-state index contributed by atoms with van der Waals surface area (Å²) < 4.78 is 0. The van der Waals surface area contributed by atoms with E-state index in [2.05, 4.69) is 39.3 Å². The van der Waals surface area contributed by atoms with E-state index in [4.69, 9.17) is 0 Å². The molecule has 20 heavy (non-hydrogen) atoms. The van der Waals surface area contributed by atoms with Crippen LogP contribution in [0, 0.1) is 29.6 Å². The lowest BCUT2D eigenvalue weighted by molar-refractivity contribution is 0.137. The van der Waals surface area contributed by atoms with E-state index in [1.807, 2.05) is 11.8 Å². The van der Waals surface area contributed by atoms with Crippen molar-refractivity contribution in [2.24, 2.45) is 29.6 Å². The van der Waals surface area contributed by atoms with Gasteiger partial charge < -0.3 is 5.32 Å². The van der Waals surface area contributed by atoms with Crippen molar-refractivity contribution in [1.82, 2.24) is 5.32 Å². The SMILES string of the molecule is CSCCCC1CC(C(C)C)CCC1CNCC(C)C. The van der Waals surface area contributed by atoms with Gasteiger partial charge in [-0.1, -0.05) is 27.7 Å². The van der Waals surface area contributed by atoms with Crippen molar-refractivity contribution >= 4 is 11.8 Å². The fourth-order valence-corrected chi connectivity index (χ4v) is 4.09. The van der Waals surface area contributed by atoms with Gasteiger partial charge in [-0.05, 0) is 86.8 Å². The molecule has 3 atom stereocenters. The van der Waals surface area contributed by atoms with Crippen molar-refractivity contribution in [1.29, 1.82) is 0 Å². The Kier molecular flexibility index (Phi) is 9.28. The third kappa shape index (κ3) is 6.85. The second kappa shape index (κ2) is 10.1. The number of thioether (sulfide) groups is 1. The molecule has 0 saturated heterocycles. The van der Waals surface area contributed by atoms with Gasteiger partial charge in [-0.3, -0.25) is 0 Å². The number of hydrogen-bond acceptors (Lipinski definition) is 2. The van der Waals surface area contributed by atoms with E-state index in [0.717, 1.165) is 29.6 Å². The molecule has 1 aliphatic rings. The molecule has 0 aromatic rings. The van der Waals surface area contributed by atoms with Crippen LogP contribution in [0.15, 0.2) is 0 Å². The molecule has 0 spiro atoms. The Balaban J connectivity index is 2.43. The van der Waals surface area contributed by atoms with Crippen LogP contribution in [-0.2, 0) is 0 Å². The molecular weight excluding hydrogens is 262 g/mol. The van der Waals surface area contributed by atoms with Crippen molar-refractivity contribution in [2.75, 3.05) is 25.1 Å². The van der Waals surface area contributed by atoms with Gasteiger partial charge in [0.25, 0.3) is 0 Å². The molecular formula is C18H37NS. The molecule has 0 aromatic carbocycles. The monoisotopic (exact) mass is 299 g/mol. The zero-order valence-electron chi connectivity index (χ0n) is 14.5. The molecule has 1 nitrogen and oxygen atoms in total. The number of nitrogens with one attached hydrogen (secondary N) is 1. The molecule has 1 aliphatic carbocycles. The van der Waals surface area contributed by atoms with Gasteiger partial charge in [0.15, 0.2) is 0 Å². The van der Waals surface area contributed by atoms with E-state index in [1.165, 1.54) is 50.9 Å². The Morgan fingerprint density at radius 2 is 1.85 bits per heavy atom. The minimum atomic E-state index is 0.775. The summed E-state index contributed by atoms with van der Waals surface area (Å²) in [6, 6.07) is 0. The van der Waals surface area contributed by atoms with E-state index in [-0.39, 0.29) is 0 Å². The van der Waals surface area contributed by atoms with Crippen LogP contribution in [0.25, 0.3) is 0 Å². The molecule has 0 bridgehead atoms. The van der Waals surface area contributed by atoms with Crippen molar-refractivity contribution in [3.05, 3.63) is 0 Å². The van der Waals surface area contributed by atoms with E-state index in [0.29, 0.717) is 0 Å². The van der Waals surface area contributed by atoms with E-state index in [9.17, 15) is 0 Å². The first-order chi connectivity index (χ1) is 9.54. The zero-order chi connectivity index (χ0) is 15.0. The second-order valence-corrected chi connectivity index (χ2v) is 8.51. The first-order valence-corrected chi connectivity index (χ1v) is 10.1. The molecule has 2 heteroatoms. The standard InChI is InChI=1S/C18H37NS/c1-14(2)12-19-13-18-9-8-16(15(3)4)11-17(18)7-6-10-20-5/h14-19H,6-13H2,1-5H3. The maximum absolute atomic E-state index is 3.71. The molecule has 0 aromatic heterocycles. The highest BCUT2D eigenvalue weighted by molar-refractivity contribution is 7.98. The Bertz CT molecular complexity index is 238. The summed E-state index contributed by atoms with van der Waals surface area (Å²) in [6.07, 6.45) is 9.51. The van der Waals surface area contributed by atoms with Crippen LogP contribution in [0.4, 0.5) is 0 Å². The summed E-state index contributed by atoms with van der Waals surface area (Å²) >= 11 is 2.00. The summed E-state index contributed by atoms with van der Waals surface area (Å²) in [7, 11) is 0. The molecule has 3 unspecified atom stereocenters. The first kappa shape index (κ1) is 18.4. The Morgan fingerprint density at radius 3 is 2.45 bits per heavy atom.